The zero-order valence-corrected chi connectivity index (χ0v) is 10.1. The van der Waals surface area contributed by atoms with Crippen LogP contribution in [0.25, 0.3) is 5.82 Å². The number of ether oxygens (including phenoxy) is 1. The lowest BCUT2D eigenvalue weighted by molar-refractivity contribution is -0.384. The molecule has 0 unspecified atom stereocenters. The molecule has 0 fully saturated rings. The number of carbonyl (C=O) groups excluding carboxylic acids is 1. The van der Waals surface area contributed by atoms with Gasteiger partial charge in [0.25, 0.3) is 0 Å². The van der Waals surface area contributed by atoms with Crippen molar-refractivity contribution in [2.75, 3.05) is 7.11 Å². The Labute approximate surface area is 107 Å². The van der Waals surface area contributed by atoms with E-state index in [0.29, 0.717) is 5.82 Å². The first-order chi connectivity index (χ1) is 9.02. The number of nitro groups is 1. The average Bonchev–Trinajstić information content (AvgIpc) is 2.87. The molecule has 0 atom stereocenters. The molecule has 0 aliphatic rings. The Morgan fingerprint density at radius 1 is 1.47 bits per heavy atom. The molecule has 0 saturated carbocycles. The lowest BCUT2D eigenvalue weighted by Gasteiger charge is -2.06. The van der Waals surface area contributed by atoms with Crippen LogP contribution in [0, 0.1) is 17.0 Å². The average molecular weight is 263 g/mol. The third-order valence-electron chi connectivity index (χ3n) is 2.29. The summed E-state index contributed by atoms with van der Waals surface area (Å²) < 4.78 is 5.74. The maximum Gasteiger partial charge on any atom is 0.343 e. The molecule has 2 rings (SSSR count). The summed E-state index contributed by atoms with van der Waals surface area (Å²) in [4.78, 5) is 29.6. The number of rotatable bonds is 3. The zero-order chi connectivity index (χ0) is 14.0. The first kappa shape index (κ1) is 12.6. The number of hydrogen-bond donors (Lipinski definition) is 0. The predicted molar refractivity (Wildman–Crippen MR) is 61.9 cm³/mol. The fraction of sp³-hybridized carbons (Fsp3) is 0.200. The van der Waals surface area contributed by atoms with Crippen molar-refractivity contribution in [1.82, 2.24) is 19.7 Å². The number of carbonyl (C=O) groups is 1. The fourth-order valence-corrected chi connectivity index (χ4v) is 1.41. The summed E-state index contributed by atoms with van der Waals surface area (Å²) in [6.07, 6.45) is 3.52. The van der Waals surface area contributed by atoms with E-state index in [9.17, 15) is 14.9 Å². The van der Waals surface area contributed by atoms with Gasteiger partial charge in [0.2, 0.25) is 0 Å². The molecule has 2 heterocycles. The van der Waals surface area contributed by atoms with Gasteiger partial charge in [0.1, 0.15) is 23.8 Å². The van der Waals surface area contributed by atoms with E-state index in [-0.39, 0.29) is 17.1 Å². The highest BCUT2D eigenvalue weighted by Crippen LogP contribution is 2.16. The minimum absolute atomic E-state index is 0.0751. The minimum Gasteiger partial charge on any atom is -0.465 e. The van der Waals surface area contributed by atoms with Crippen LogP contribution < -0.4 is 0 Å². The maximum absolute atomic E-state index is 11.6. The van der Waals surface area contributed by atoms with Crippen molar-refractivity contribution in [2.45, 2.75) is 6.92 Å². The highest BCUT2D eigenvalue weighted by atomic mass is 16.6. The van der Waals surface area contributed by atoms with E-state index in [4.69, 9.17) is 0 Å². The van der Waals surface area contributed by atoms with Gasteiger partial charge in [-0.05, 0) is 6.92 Å². The lowest BCUT2D eigenvalue weighted by Crippen LogP contribution is -2.12. The molecule has 2 aromatic rings. The Bertz CT molecular complexity index is 651. The fourth-order valence-electron chi connectivity index (χ4n) is 1.41. The topological polar surface area (TPSA) is 113 Å². The first-order valence-corrected chi connectivity index (χ1v) is 5.14. The highest BCUT2D eigenvalue weighted by Gasteiger charge is 2.19. The molecule has 9 nitrogen and oxygen atoms in total. The quantitative estimate of drug-likeness (QED) is 0.454. The number of aryl methyl sites for hydroxylation is 1. The highest BCUT2D eigenvalue weighted by molar-refractivity contribution is 5.92. The molecule has 0 radical (unpaired) electrons. The smallest absolute Gasteiger partial charge is 0.343 e. The summed E-state index contributed by atoms with van der Waals surface area (Å²) in [5, 5.41) is 14.4. The third kappa shape index (κ3) is 2.39. The Morgan fingerprint density at radius 2 is 2.21 bits per heavy atom. The molecule has 98 valence electrons. The Kier molecular flexibility index (Phi) is 3.19. The van der Waals surface area contributed by atoms with Crippen molar-refractivity contribution in [3.8, 4) is 5.82 Å². The SMILES string of the molecule is COC(=O)c1cnc(C)nc1-n1cc([N+](=O)[O-])cn1. The molecule has 2 aromatic heterocycles. The van der Waals surface area contributed by atoms with Crippen molar-refractivity contribution in [2.24, 2.45) is 0 Å². The summed E-state index contributed by atoms with van der Waals surface area (Å²) in [7, 11) is 1.22. The van der Waals surface area contributed by atoms with Crippen LogP contribution in [-0.4, -0.2) is 37.8 Å². The Balaban J connectivity index is 2.55. The van der Waals surface area contributed by atoms with E-state index >= 15 is 0 Å². The summed E-state index contributed by atoms with van der Waals surface area (Å²) in [6, 6.07) is 0. The third-order valence-corrected chi connectivity index (χ3v) is 2.29. The van der Waals surface area contributed by atoms with Crippen molar-refractivity contribution in [3.63, 3.8) is 0 Å². The van der Waals surface area contributed by atoms with Crippen molar-refractivity contribution in [3.05, 3.63) is 40.1 Å². The monoisotopic (exact) mass is 263 g/mol. The molecule has 19 heavy (non-hydrogen) atoms. The number of esters is 1. The standard InChI is InChI=1S/C10H9N5O4/c1-6-11-4-8(10(16)19-2)9(13-6)14-5-7(3-12-14)15(17)18/h3-5H,1-2H3. The number of aromatic nitrogens is 4. The van der Waals surface area contributed by atoms with Crippen LogP contribution in [0.2, 0.25) is 0 Å². The molecule has 0 aliphatic heterocycles. The van der Waals surface area contributed by atoms with Crippen molar-refractivity contribution >= 4 is 11.7 Å². The van der Waals surface area contributed by atoms with Gasteiger partial charge in [-0.1, -0.05) is 0 Å². The van der Waals surface area contributed by atoms with E-state index in [1.165, 1.54) is 13.3 Å². The number of methoxy groups -OCH3 is 1. The van der Waals surface area contributed by atoms with Crippen LogP contribution in [0.1, 0.15) is 16.2 Å². The molecule has 0 spiro atoms. The molecule has 0 aliphatic carbocycles. The Morgan fingerprint density at radius 3 is 2.79 bits per heavy atom. The molecular weight excluding hydrogens is 254 g/mol. The van der Waals surface area contributed by atoms with Gasteiger partial charge in [0.05, 0.1) is 12.0 Å². The van der Waals surface area contributed by atoms with Gasteiger partial charge in [-0.15, -0.1) is 0 Å². The normalized spacial score (nSPS) is 10.2. The summed E-state index contributed by atoms with van der Waals surface area (Å²) in [5.41, 5.74) is -0.127. The summed E-state index contributed by atoms with van der Waals surface area (Å²) in [6.45, 7) is 1.63. The van der Waals surface area contributed by atoms with Crippen LogP contribution >= 0.6 is 0 Å². The molecule has 0 bridgehead atoms. The van der Waals surface area contributed by atoms with Gasteiger partial charge in [-0.3, -0.25) is 10.1 Å². The zero-order valence-electron chi connectivity index (χ0n) is 10.1. The van der Waals surface area contributed by atoms with Gasteiger partial charge >= 0.3 is 11.7 Å². The molecular formula is C10H9N5O4. The van der Waals surface area contributed by atoms with E-state index in [2.05, 4.69) is 19.8 Å². The predicted octanol–water partition coefficient (Wildman–Crippen LogP) is 0.666. The maximum atomic E-state index is 11.6. The van der Waals surface area contributed by atoms with Crippen LogP contribution in [0.3, 0.4) is 0 Å². The molecule has 9 heteroatoms. The largest absolute Gasteiger partial charge is 0.465 e. The van der Waals surface area contributed by atoms with Crippen LogP contribution in [0.5, 0.6) is 0 Å². The van der Waals surface area contributed by atoms with Gasteiger partial charge in [-0.2, -0.15) is 5.10 Å². The van der Waals surface area contributed by atoms with Crippen LogP contribution in [-0.2, 0) is 4.74 Å². The van der Waals surface area contributed by atoms with E-state index in [1.807, 2.05) is 0 Å². The first-order valence-electron chi connectivity index (χ1n) is 5.14. The van der Waals surface area contributed by atoms with E-state index in [0.717, 1.165) is 17.1 Å². The minimum atomic E-state index is -0.645. The second kappa shape index (κ2) is 4.80. The van der Waals surface area contributed by atoms with Crippen molar-refractivity contribution in [1.29, 1.82) is 0 Å². The van der Waals surface area contributed by atoms with Gasteiger partial charge < -0.3 is 4.74 Å². The van der Waals surface area contributed by atoms with Crippen molar-refractivity contribution < 1.29 is 14.5 Å². The lowest BCUT2D eigenvalue weighted by atomic mass is 10.3. The summed E-state index contributed by atoms with van der Waals surface area (Å²) in [5.74, 6) is -0.110. The van der Waals surface area contributed by atoms with Gasteiger partial charge in [0.15, 0.2) is 5.82 Å². The number of hydrogen-bond acceptors (Lipinski definition) is 7. The van der Waals surface area contributed by atoms with Gasteiger partial charge in [0, 0.05) is 6.20 Å². The van der Waals surface area contributed by atoms with E-state index in [1.54, 1.807) is 6.92 Å². The molecule has 0 aromatic carbocycles. The molecule has 0 saturated heterocycles. The molecule has 0 amide bonds. The number of nitrogens with zero attached hydrogens (tertiary/aromatic N) is 5. The van der Waals surface area contributed by atoms with E-state index < -0.39 is 10.9 Å². The second-order valence-electron chi connectivity index (χ2n) is 3.55. The Hall–Kier alpha value is -2.84. The van der Waals surface area contributed by atoms with Crippen LogP contribution in [0.4, 0.5) is 5.69 Å². The summed E-state index contributed by atoms with van der Waals surface area (Å²) >= 11 is 0. The van der Waals surface area contributed by atoms with Crippen LogP contribution in [0.15, 0.2) is 18.6 Å². The van der Waals surface area contributed by atoms with Gasteiger partial charge in [-0.25, -0.2) is 19.4 Å². The molecule has 0 N–H and O–H groups in total. The second-order valence-corrected chi connectivity index (χ2v) is 3.55.